The number of nitrogens with two attached hydrogens (primary N) is 1. The highest BCUT2D eigenvalue weighted by Crippen LogP contribution is 2.48. The van der Waals surface area contributed by atoms with Gasteiger partial charge in [0.2, 0.25) is 0 Å². The lowest BCUT2D eigenvalue weighted by atomic mass is 10.0. The number of halogens is 3. The quantitative estimate of drug-likeness (QED) is 0.874. The van der Waals surface area contributed by atoms with E-state index in [-0.39, 0.29) is 46.4 Å². The molecule has 0 saturated heterocycles. The van der Waals surface area contributed by atoms with Crippen molar-refractivity contribution in [2.75, 3.05) is 13.2 Å². The summed E-state index contributed by atoms with van der Waals surface area (Å²) in [5, 5.41) is 10.1. The Bertz CT molecular complexity index is 739. The van der Waals surface area contributed by atoms with Crippen molar-refractivity contribution in [2.45, 2.75) is 6.10 Å². The number of ether oxygens (including phenoxy) is 2. The van der Waals surface area contributed by atoms with Crippen LogP contribution in [0.25, 0.3) is 11.1 Å². The van der Waals surface area contributed by atoms with E-state index < -0.39 is 5.82 Å². The molecule has 1 aliphatic rings. The summed E-state index contributed by atoms with van der Waals surface area (Å²) in [6.07, 6.45) is -0.355. The van der Waals surface area contributed by atoms with Crippen LogP contribution in [0.4, 0.5) is 4.39 Å². The van der Waals surface area contributed by atoms with Crippen molar-refractivity contribution in [3.05, 3.63) is 40.1 Å². The zero-order chi connectivity index (χ0) is 15.9. The summed E-state index contributed by atoms with van der Waals surface area (Å²) < 4.78 is 25.1. The minimum atomic E-state index is -0.529. The van der Waals surface area contributed by atoms with E-state index in [0.29, 0.717) is 11.3 Å². The zero-order valence-corrected chi connectivity index (χ0v) is 12.8. The van der Waals surface area contributed by atoms with Crippen molar-refractivity contribution in [3.63, 3.8) is 0 Å². The molecule has 22 heavy (non-hydrogen) atoms. The number of hydrogen-bond acceptors (Lipinski definition) is 4. The molecule has 3 N–H and O–H groups in total. The average Bonchev–Trinajstić information content (AvgIpc) is 2.51. The summed E-state index contributed by atoms with van der Waals surface area (Å²) in [5.74, 6) is -0.141. The summed E-state index contributed by atoms with van der Waals surface area (Å²) in [4.78, 5) is 0. The summed E-state index contributed by atoms with van der Waals surface area (Å²) in [5.41, 5.74) is 6.17. The molecule has 3 rings (SSSR count). The minimum absolute atomic E-state index is 0.0128. The fourth-order valence-electron chi connectivity index (χ4n) is 2.27. The molecule has 2 aromatic carbocycles. The van der Waals surface area contributed by atoms with Gasteiger partial charge in [-0.2, -0.15) is 0 Å². The van der Waals surface area contributed by atoms with Crippen molar-refractivity contribution in [2.24, 2.45) is 5.73 Å². The molecule has 0 aromatic heterocycles. The van der Waals surface area contributed by atoms with E-state index in [1.54, 1.807) is 0 Å². The van der Waals surface area contributed by atoms with Gasteiger partial charge >= 0.3 is 0 Å². The van der Waals surface area contributed by atoms with E-state index in [9.17, 15) is 9.50 Å². The fraction of sp³-hybridized carbons (Fsp3) is 0.200. The Labute approximate surface area is 136 Å². The maximum absolute atomic E-state index is 13.9. The Morgan fingerprint density at radius 1 is 1.32 bits per heavy atom. The van der Waals surface area contributed by atoms with Crippen molar-refractivity contribution in [3.8, 4) is 28.4 Å². The molecule has 0 fully saturated rings. The molecule has 0 spiro atoms. The highest BCUT2D eigenvalue weighted by Gasteiger charge is 2.27. The highest BCUT2D eigenvalue weighted by molar-refractivity contribution is 6.40. The van der Waals surface area contributed by atoms with Crippen LogP contribution in [-0.4, -0.2) is 24.4 Å². The van der Waals surface area contributed by atoms with E-state index in [4.69, 9.17) is 38.4 Å². The molecule has 0 bridgehead atoms. The van der Waals surface area contributed by atoms with E-state index in [1.807, 2.05) is 0 Å². The highest BCUT2D eigenvalue weighted by atomic mass is 35.5. The molecule has 4 nitrogen and oxygen atoms in total. The standard InChI is InChI=1S/C15H12Cl2FNO3/c16-10-1-2-11(20)14(17)13(10)9-3-7(18)4-12-15(9)22-8(5-19)6-21-12/h1-4,8,20H,5-6,19H2/t8-/m0/s1. The largest absolute Gasteiger partial charge is 0.506 e. The van der Waals surface area contributed by atoms with Crippen molar-refractivity contribution < 1.29 is 19.0 Å². The maximum Gasteiger partial charge on any atom is 0.169 e. The number of benzene rings is 2. The van der Waals surface area contributed by atoms with Crippen LogP contribution in [0.15, 0.2) is 24.3 Å². The van der Waals surface area contributed by atoms with Gasteiger partial charge in [0.05, 0.1) is 10.0 Å². The molecular weight excluding hydrogens is 332 g/mol. The van der Waals surface area contributed by atoms with E-state index in [1.165, 1.54) is 24.3 Å². The zero-order valence-electron chi connectivity index (χ0n) is 11.3. The van der Waals surface area contributed by atoms with Crippen LogP contribution in [0.1, 0.15) is 0 Å². The monoisotopic (exact) mass is 343 g/mol. The van der Waals surface area contributed by atoms with Crippen LogP contribution in [0.3, 0.4) is 0 Å². The molecule has 0 saturated carbocycles. The first-order valence-electron chi connectivity index (χ1n) is 6.51. The second-order valence-corrected chi connectivity index (χ2v) is 5.61. The Balaban J connectivity index is 2.24. The Morgan fingerprint density at radius 3 is 2.82 bits per heavy atom. The molecule has 7 heteroatoms. The van der Waals surface area contributed by atoms with Crippen LogP contribution in [0.5, 0.6) is 17.2 Å². The minimum Gasteiger partial charge on any atom is -0.506 e. The summed E-state index contributed by atoms with van der Waals surface area (Å²) in [6, 6.07) is 5.28. The number of fused-ring (bicyclic) bond motifs is 1. The number of rotatable bonds is 2. The molecule has 1 atom stereocenters. The van der Waals surface area contributed by atoms with E-state index in [2.05, 4.69) is 0 Å². The van der Waals surface area contributed by atoms with Gasteiger partial charge in [0.15, 0.2) is 11.5 Å². The van der Waals surface area contributed by atoms with Crippen molar-refractivity contribution >= 4 is 23.2 Å². The lowest BCUT2D eigenvalue weighted by Crippen LogP contribution is -2.36. The number of hydrogen-bond donors (Lipinski definition) is 2. The normalized spacial score (nSPS) is 16.6. The summed E-state index contributed by atoms with van der Waals surface area (Å²) in [6.45, 7) is 0.478. The van der Waals surface area contributed by atoms with Gasteiger partial charge in [-0.15, -0.1) is 0 Å². The van der Waals surface area contributed by atoms with E-state index in [0.717, 1.165) is 0 Å². The maximum atomic E-state index is 13.9. The Hall–Kier alpha value is -1.69. The third kappa shape index (κ3) is 2.56. The lowest BCUT2D eigenvalue weighted by Gasteiger charge is -2.28. The Morgan fingerprint density at radius 2 is 2.09 bits per heavy atom. The molecular formula is C15H12Cl2FNO3. The topological polar surface area (TPSA) is 64.7 Å². The second kappa shape index (κ2) is 5.83. The van der Waals surface area contributed by atoms with Gasteiger partial charge in [-0.1, -0.05) is 23.2 Å². The van der Waals surface area contributed by atoms with Crippen LogP contribution in [0, 0.1) is 5.82 Å². The van der Waals surface area contributed by atoms with E-state index >= 15 is 0 Å². The number of phenolic OH excluding ortho intramolecular Hbond substituents is 1. The number of aromatic hydroxyl groups is 1. The van der Waals surface area contributed by atoms with Gasteiger partial charge in [-0.3, -0.25) is 0 Å². The van der Waals surface area contributed by atoms with Crippen molar-refractivity contribution in [1.29, 1.82) is 0 Å². The first-order valence-corrected chi connectivity index (χ1v) is 7.27. The molecule has 0 aliphatic carbocycles. The summed E-state index contributed by atoms with van der Waals surface area (Å²) >= 11 is 12.3. The smallest absolute Gasteiger partial charge is 0.169 e. The van der Waals surface area contributed by atoms with Gasteiger partial charge < -0.3 is 20.3 Å². The first-order chi connectivity index (χ1) is 10.5. The van der Waals surface area contributed by atoms with Crippen LogP contribution in [0.2, 0.25) is 10.0 Å². The summed E-state index contributed by atoms with van der Waals surface area (Å²) in [7, 11) is 0. The van der Waals surface area contributed by atoms with Gasteiger partial charge in [0.1, 0.15) is 24.3 Å². The molecule has 1 heterocycles. The van der Waals surface area contributed by atoms with Gasteiger partial charge in [0.25, 0.3) is 0 Å². The molecule has 0 unspecified atom stereocenters. The predicted molar refractivity (Wildman–Crippen MR) is 82.5 cm³/mol. The molecule has 0 radical (unpaired) electrons. The average molecular weight is 344 g/mol. The molecule has 116 valence electrons. The Kier molecular flexibility index (Phi) is 4.04. The first kappa shape index (κ1) is 15.2. The molecule has 0 amide bonds. The van der Waals surface area contributed by atoms with Crippen molar-refractivity contribution in [1.82, 2.24) is 0 Å². The lowest BCUT2D eigenvalue weighted by molar-refractivity contribution is 0.0971. The molecule has 2 aromatic rings. The molecule has 1 aliphatic heterocycles. The van der Waals surface area contributed by atoms with Gasteiger partial charge in [-0.25, -0.2) is 4.39 Å². The van der Waals surface area contributed by atoms with Gasteiger partial charge in [-0.05, 0) is 18.2 Å². The van der Waals surface area contributed by atoms with Crippen LogP contribution >= 0.6 is 23.2 Å². The SMILES string of the molecule is NC[C@H]1COc2cc(F)cc(-c3c(Cl)ccc(O)c3Cl)c2O1. The van der Waals surface area contributed by atoms with Gasteiger partial charge in [0, 0.05) is 23.7 Å². The second-order valence-electron chi connectivity index (χ2n) is 4.82. The van der Waals surface area contributed by atoms with Crippen LogP contribution < -0.4 is 15.2 Å². The third-order valence-electron chi connectivity index (χ3n) is 3.33. The third-order valence-corrected chi connectivity index (χ3v) is 4.03. The number of phenols is 1. The predicted octanol–water partition coefficient (Wildman–Crippen LogP) is 3.60. The fourth-order valence-corrected chi connectivity index (χ4v) is 2.85. The van der Waals surface area contributed by atoms with Crippen LogP contribution in [-0.2, 0) is 0 Å².